The minimum Gasteiger partial charge on any atom is -0.355 e. The van der Waals surface area contributed by atoms with Crippen LogP contribution in [-0.2, 0) is 4.79 Å². The molecular weight excluding hydrogens is 190 g/mol. The average molecular weight is 209 g/mol. The highest BCUT2D eigenvalue weighted by atomic mass is 16.2. The van der Waals surface area contributed by atoms with Gasteiger partial charge in [-0.1, -0.05) is 13.8 Å². The molecule has 0 aromatic heterocycles. The van der Waals surface area contributed by atoms with Gasteiger partial charge >= 0.3 is 0 Å². The first-order chi connectivity index (χ1) is 7.13. The van der Waals surface area contributed by atoms with E-state index in [0.717, 1.165) is 19.4 Å². The second kappa shape index (κ2) is 5.72. The van der Waals surface area contributed by atoms with Crippen molar-refractivity contribution in [2.45, 2.75) is 32.7 Å². The summed E-state index contributed by atoms with van der Waals surface area (Å²) < 4.78 is 0. The molecule has 0 saturated carbocycles. The highest BCUT2D eigenvalue weighted by Gasteiger charge is 2.25. The van der Waals surface area contributed by atoms with Crippen molar-refractivity contribution in [2.24, 2.45) is 5.92 Å². The zero-order chi connectivity index (χ0) is 11.3. The molecule has 4 nitrogen and oxygen atoms in total. The van der Waals surface area contributed by atoms with Crippen LogP contribution in [0.25, 0.3) is 0 Å². The fourth-order valence-electron chi connectivity index (χ4n) is 1.72. The van der Waals surface area contributed by atoms with Gasteiger partial charge in [-0.2, -0.15) is 5.26 Å². The van der Waals surface area contributed by atoms with Crippen LogP contribution in [0.4, 0.5) is 0 Å². The molecule has 1 aliphatic rings. The Bertz CT molecular complexity index is 257. The van der Waals surface area contributed by atoms with Crippen molar-refractivity contribution in [3.8, 4) is 6.07 Å². The van der Waals surface area contributed by atoms with E-state index in [1.807, 2.05) is 4.90 Å². The average Bonchev–Trinajstić information content (AvgIpc) is 2.62. The van der Waals surface area contributed by atoms with Crippen LogP contribution < -0.4 is 5.32 Å². The number of nitrogens with one attached hydrogen (secondary N) is 1. The van der Waals surface area contributed by atoms with Crippen molar-refractivity contribution in [1.82, 2.24) is 10.2 Å². The quantitative estimate of drug-likeness (QED) is 0.743. The van der Waals surface area contributed by atoms with Crippen molar-refractivity contribution in [2.75, 3.05) is 19.6 Å². The van der Waals surface area contributed by atoms with Crippen LogP contribution in [0, 0.1) is 17.2 Å². The summed E-state index contributed by atoms with van der Waals surface area (Å²) in [6.45, 7) is 6.07. The molecule has 0 aliphatic carbocycles. The lowest BCUT2D eigenvalue weighted by Gasteiger charge is -2.18. The molecule has 4 heteroatoms. The third kappa shape index (κ3) is 3.88. The molecule has 84 valence electrons. The summed E-state index contributed by atoms with van der Waals surface area (Å²) in [4.78, 5) is 13.5. The monoisotopic (exact) mass is 209 g/mol. The SMILES string of the molecule is CC(C)CNC(=O)CN1CCCC1C#N. The number of amides is 1. The van der Waals surface area contributed by atoms with Crippen LogP contribution in [0.15, 0.2) is 0 Å². The highest BCUT2D eigenvalue weighted by Crippen LogP contribution is 2.15. The smallest absolute Gasteiger partial charge is 0.234 e. The minimum atomic E-state index is -0.0604. The molecule has 0 aromatic rings. The second-order valence-corrected chi connectivity index (χ2v) is 4.46. The second-order valence-electron chi connectivity index (χ2n) is 4.46. The molecule has 1 heterocycles. The van der Waals surface area contributed by atoms with Gasteiger partial charge in [0.25, 0.3) is 0 Å². The molecule has 1 unspecified atom stereocenters. The third-order valence-corrected chi connectivity index (χ3v) is 2.57. The van der Waals surface area contributed by atoms with E-state index >= 15 is 0 Å². The van der Waals surface area contributed by atoms with Gasteiger partial charge < -0.3 is 5.32 Å². The van der Waals surface area contributed by atoms with Gasteiger partial charge in [0.15, 0.2) is 0 Å². The number of hydrogen-bond acceptors (Lipinski definition) is 3. The maximum atomic E-state index is 11.5. The summed E-state index contributed by atoms with van der Waals surface area (Å²) in [6, 6.07) is 2.17. The summed E-state index contributed by atoms with van der Waals surface area (Å²) in [6.07, 6.45) is 1.92. The van der Waals surface area contributed by atoms with Crippen LogP contribution in [0.1, 0.15) is 26.7 Å². The Morgan fingerprint density at radius 2 is 2.40 bits per heavy atom. The Hall–Kier alpha value is -1.08. The third-order valence-electron chi connectivity index (χ3n) is 2.57. The summed E-state index contributed by atoms with van der Waals surface area (Å²) in [5, 5.41) is 11.7. The molecule has 0 aromatic carbocycles. The maximum absolute atomic E-state index is 11.5. The van der Waals surface area contributed by atoms with Crippen molar-refractivity contribution in [1.29, 1.82) is 5.26 Å². The molecule has 0 radical (unpaired) electrons. The standard InChI is InChI=1S/C11H19N3O/c1-9(2)7-13-11(15)8-14-5-3-4-10(14)6-12/h9-10H,3-5,7-8H2,1-2H3,(H,13,15). The van der Waals surface area contributed by atoms with Gasteiger partial charge in [0.2, 0.25) is 5.91 Å². The molecule has 1 amide bonds. The molecule has 0 bridgehead atoms. The molecule has 1 saturated heterocycles. The van der Waals surface area contributed by atoms with E-state index in [9.17, 15) is 4.79 Å². The van der Waals surface area contributed by atoms with E-state index in [1.165, 1.54) is 0 Å². The molecule has 15 heavy (non-hydrogen) atoms. The normalized spacial score (nSPS) is 21.6. The van der Waals surface area contributed by atoms with Gasteiger partial charge in [-0.25, -0.2) is 0 Å². The van der Waals surface area contributed by atoms with Crippen molar-refractivity contribution in [3.05, 3.63) is 0 Å². The number of nitrogens with zero attached hydrogens (tertiary/aromatic N) is 2. The molecule has 0 spiro atoms. The summed E-state index contributed by atoms with van der Waals surface area (Å²) in [5.41, 5.74) is 0. The van der Waals surface area contributed by atoms with Crippen LogP contribution in [0.5, 0.6) is 0 Å². The van der Waals surface area contributed by atoms with E-state index in [4.69, 9.17) is 5.26 Å². The lowest BCUT2D eigenvalue weighted by molar-refractivity contribution is -0.122. The van der Waals surface area contributed by atoms with Gasteiger partial charge in [-0.05, 0) is 18.8 Å². The van der Waals surface area contributed by atoms with Crippen LogP contribution in [0.2, 0.25) is 0 Å². The largest absolute Gasteiger partial charge is 0.355 e. The van der Waals surface area contributed by atoms with Gasteiger partial charge in [-0.15, -0.1) is 0 Å². The van der Waals surface area contributed by atoms with Crippen molar-refractivity contribution >= 4 is 5.91 Å². The molecule has 1 N–H and O–H groups in total. The summed E-state index contributed by atoms with van der Waals surface area (Å²) >= 11 is 0. The van der Waals surface area contributed by atoms with E-state index < -0.39 is 0 Å². The van der Waals surface area contributed by atoms with Gasteiger partial charge in [0, 0.05) is 13.1 Å². The van der Waals surface area contributed by atoms with Gasteiger partial charge in [0.05, 0.1) is 18.7 Å². The molecule has 1 atom stereocenters. The summed E-state index contributed by atoms with van der Waals surface area (Å²) in [7, 11) is 0. The van der Waals surface area contributed by atoms with Gasteiger partial charge in [-0.3, -0.25) is 9.69 Å². The predicted molar refractivity (Wildman–Crippen MR) is 58.1 cm³/mol. The van der Waals surface area contributed by atoms with Crippen molar-refractivity contribution < 1.29 is 4.79 Å². The minimum absolute atomic E-state index is 0.0332. The Labute approximate surface area is 91.2 Å². The topological polar surface area (TPSA) is 56.1 Å². The Morgan fingerprint density at radius 3 is 3.00 bits per heavy atom. The number of carbonyl (C=O) groups is 1. The zero-order valence-corrected chi connectivity index (χ0v) is 9.49. The fraction of sp³-hybridized carbons (Fsp3) is 0.818. The number of rotatable bonds is 4. The number of hydrogen-bond donors (Lipinski definition) is 1. The van der Waals surface area contributed by atoms with Crippen molar-refractivity contribution in [3.63, 3.8) is 0 Å². The first kappa shape index (κ1) is 12.0. The molecular formula is C11H19N3O. The fourth-order valence-corrected chi connectivity index (χ4v) is 1.72. The zero-order valence-electron chi connectivity index (χ0n) is 9.49. The number of nitriles is 1. The lowest BCUT2D eigenvalue weighted by Crippen LogP contribution is -2.40. The predicted octanol–water partition coefficient (Wildman–Crippen LogP) is 0.747. The first-order valence-electron chi connectivity index (χ1n) is 5.54. The Kier molecular flexibility index (Phi) is 4.57. The van der Waals surface area contributed by atoms with Crippen LogP contribution in [0.3, 0.4) is 0 Å². The van der Waals surface area contributed by atoms with E-state index in [-0.39, 0.29) is 11.9 Å². The Balaban J connectivity index is 2.28. The highest BCUT2D eigenvalue weighted by molar-refractivity contribution is 5.78. The van der Waals surface area contributed by atoms with Crippen LogP contribution >= 0.6 is 0 Å². The van der Waals surface area contributed by atoms with E-state index in [2.05, 4.69) is 25.2 Å². The van der Waals surface area contributed by atoms with Crippen LogP contribution in [-0.4, -0.2) is 36.5 Å². The molecule has 1 rings (SSSR count). The molecule has 1 aliphatic heterocycles. The molecule has 1 fully saturated rings. The van der Waals surface area contributed by atoms with Gasteiger partial charge in [0.1, 0.15) is 0 Å². The maximum Gasteiger partial charge on any atom is 0.234 e. The van der Waals surface area contributed by atoms with E-state index in [0.29, 0.717) is 19.0 Å². The lowest BCUT2D eigenvalue weighted by atomic mass is 10.2. The number of carbonyl (C=O) groups excluding carboxylic acids is 1. The summed E-state index contributed by atoms with van der Waals surface area (Å²) in [5.74, 6) is 0.505. The number of likely N-dealkylation sites (tertiary alicyclic amines) is 1. The van der Waals surface area contributed by atoms with E-state index in [1.54, 1.807) is 0 Å². The Morgan fingerprint density at radius 1 is 1.67 bits per heavy atom. The first-order valence-corrected chi connectivity index (χ1v) is 5.54.